The van der Waals surface area contributed by atoms with Crippen molar-refractivity contribution < 1.29 is 9.90 Å². The van der Waals surface area contributed by atoms with E-state index in [0.29, 0.717) is 10.5 Å². The number of aliphatic imine (C=N–C) groups is 1. The van der Waals surface area contributed by atoms with Crippen molar-refractivity contribution in [1.29, 1.82) is 0 Å². The van der Waals surface area contributed by atoms with Crippen LogP contribution in [0.25, 0.3) is 6.08 Å². The molecule has 7 heteroatoms. The van der Waals surface area contributed by atoms with Gasteiger partial charge in [0.25, 0.3) is 5.91 Å². The molecule has 1 amide bonds. The summed E-state index contributed by atoms with van der Waals surface area (Å²) in [7, 11) is 0. The fraction of sp³-hybridized carbons (Fsp3) is 0.375. The lowest BCUT2D eigenvalue weighted by atomic mass is 10.2. The van der Waals surface area contributed by atoms with Crippen LogP contribution in [-0.4, -0.2) is 33.2 Å². The third kappa shape index (κ3) is 4.30. The predicted molar refractivity (Wildman–Crippen MR) is 109 cm³/mol. The zero-order valence-corrected chi connectivity index (χ0v) is 17.9. The molecule has 23 heavy (non-hydrogen) atoms. The smallest absolute Gasteiger partial charge is 0.266 e. The molecular formula is C16H18BrIN2O2S. The molecule has 1 aliphatic heterocycles. The Kier molecular flexibility index (Phi) is 6.18. The van der Waals surface area contributed by atoms with E-state index in [1.54, 1.807) is 17.0 Å². The van der Waals surface area contributed by atoms with Crippen LogP contribution in [-0.2, 0) is 4.79 Å². The van der Waals surface area contributed by atoms with Crippen molar-refractivity contribution in [1.82, 2.24) is 4.90 Å². The first kappa shape index (κ1) is 18.8. The van der Waals surface area contributed by atoms with E-state index in [4.69, 9.17) is 0 Å². The average Bonchev–Trinajstić information content (AvgIpc) is 2.70. The molecule has 0 radical (unpaired) electrons. The number of hydrogen-bond donors (Lipinski definition) is 1. The Labute approximate surface area is 162 Å². The van der Waals surface area contributed by atoms with E-state index in [-0.39, 0.29) is 23.7 Å². The number of phenols is 1. The summed E-state index contributed by atoms with van der Waals surface area (Å²) in [5, 5.41) is 10.9. The van der Waals surface area contributed by atoms with Gasteiger partial charge in [-0.15, -0.1) is 0 Å². The fourth-order valence-electron chi connectivity index (χ4n) is 2.09. The van der Waals surface area contributed by atoms with Crippen LogP contribution in [0.2, 0.25) is 0 Å². The first-order valence-corrected chi connectivity index (χ1v) is 9.88. The van der Waals surface area contributed by atoms with Gasteiger partial charge in [-0.1, -0.05) is 15.9 Å². The number of amides is 1. The second kappa shape index (κ2) is 7.57. The molecule has 4 nitrogen and oxygen atoms in total. The molecule has 124 valence electrons. The van der Waals surface area contributed by atoms with Crippen LogP contribution >= 0.6 is 50.3 Å². The number of hydrogen-bond acceptors (Lipinski definition) is 4. The Hall–Kier alpha value is -0.540. The minimum absolute atomic E-state index is 0.0367. The minimum Gasteiger partial charge on any atom is -0.506 e. The maximum Gasteiger partial charge on any atom is 0.266 e. The number of aromatic hydroxyl groups is 1. The number of nitrogens with zero attached hydrogens (tertiary/aromatic N) is 2. The Balaban J connectivity index is 2.47. The van der Waals surface area contributed by atoms with Crippen LogP contribution in [0.1, 0.15) is 33.3 Å². The predicted octanol–water partition coefficient (Wildman–Crippen LogP) is 4.85. The first-order chi connectivity index (χ1) is 10.7. The molecule has 1 aliphatic rings. The standard InChI is InChI=1S/C16H18BrIN2O2S/c1-8(2)19-16-20(9(3)4)15(22)13(23-16)6-10-5-11(17)7-12(18)14(10)21/h5-9,21H,1-4H3/b13-6-,19-16?. The average molecular weight is 509 g/mol. The van der Waals surface area contributed by atoms with Crippen molar-refractivity contribution in [3.05, 3.63) is 30.6 Å². The quantitative estimate of drug-likeness (QED) is 0.469. The third-order valence-corrected chi connectivity index (χ3v) is 5.34. The highest BCUT2D eigenvalue weighted by atomic mass is 127. The Morgan fingerprint density at radius 2 is 2.00 bits per heavy atom. The molecule has 0 saturated carbocycles. The number of benzene rings is 1. The molecule has 1 aromatic rings. The summed E-state index contributed by atoms with van der Waals surface area (Å²) in [6, 6.07) is 3.78. The van der Waals surface area contributed by atoms with Crippen molar-refractivity contribution >= 4 is 67.4 Å². The van der Waals surface area contributed by atoms with E-state index in [2.05, 4.69) is 43.5 Å². The summed E-state index contributed by atoms with van der Waals surface area (Å²) in [5.74, 6) is 0.110. The summed E-state index contributed by atoms with van der Waals surface area (Å²) >= 11 is 6.84. The Morgan fingerprint density at radius 3 is 2.57 bits per heavy atom. The maximum atomic E-state index is 12.7. The monoisotopic (exact) mass is 508 g/mol. The van der Waals surface area contributed by atoms with Crippen molar-refractivity contribution in [3.63, 3.8) is 0 Å². The summed E-state index contributed by atoms with van der Waals surface area (Å²) in [5.41, 5.74) is 0.620. The van der Waals surface area contributed by atoms with Gasteiger partial charge in [0.2, 0.25) is 0 Å². The van der Waals surface area contributed by atoms with E-state index < -0.39 is 0 Å². The van der Waals surface area contributed by atoms with Crippen molar-refractivity contribution in [2.75, 3.05) is 0 Å². The normalized spacial score (nSPS) is 19.0. The Morgan fingerprint density at radius 1 is 1.35 bits per heavy atom. The third-order valence-electron chi connectivity index (χ3n) is 3.07. The number of carbonyl (C=O) groups is 1. The van der Waals surface area contributed by atoms with Gasteiger partial charge in [0.05, 0.1) is 8.48 Å². The van der Waals surface area contributed by atoms with E-state index in [1.165, 1.54) is 11.8 Å². The van der Waals surface area contributed by atoms with Gasteiger partial charge < -0.3 is 5.11 Å². The van der Waals surface area contributed by atoms with Crippen molar-refractivity contribution in [2.24, 2.45) is 4.99 Å². The molecular weight excluding hydrogens is 491 g/mol. The van der Waals surface area contributed by atoms with Gasteiger partial charge in [-0.25, -0.2) is 0 Å². The lowest BCUT2D eigenvalue weighted by molar-refractivity contribution is -0.123. The van der Waals surface area contributed by atoms with Crippen molar-refractivity contribution in [2.45, 2.75) is 39.8 Å². The van der Waals surface area contributed by atoms with Gasteiger partial charge in [0, 0.05) is 22.1 Å². The number of halogens is 2. The Bertz CT molecular complexity index is 702. The van der Waals surface area contributed by atoms with Gasteiger partial charge in [-0.3, -0.25) is 14.7 Å². The lowest BCUT2D eigenvalue weighted by Crippen LogP contribution is -2.35. The summed E-state index contributed by atoms with van der Waals surface area (Å²) in [6.07, 6.45) is 1.73. The highest BCUT2D eigenvalue weighted by Gasteiger charge is 2.35. The molecule has 0 bridgehead atoms. The molecule has 0 spiro atoms. The zero-order chi connectivity index (χ0) is 17.3. The zero-order valence-electron chi connectivity index (χ0n) is 13.3. The van der Waals surface area contributed by atoms with Crippen molar-refractivity contribution in [3.8, 4) is 5.75 Å². The number of carbonyl (C=O) groups excluding carboxylic acids is 1. The second-order valence-corrected chi connectivity index (χ2v) is 8.80. The molecule has 1 fully saturated rings. The fourth-order valence-corrected chi connectivity index (χ4v) is 4.86. The molecule has 0 aromatic heterocycles. The highest BCUT2D eigenvalue weighted by Crippen LogP contribution is 2.37. The van der Waals surface area contributed by atoms with Crippen LogP contribution in [0.4, 0.5) is 0 Å². The van der Waals surface area contributed by atoms with Crippen LogP contribution in [0.3, 0.4) is 0 Å². The molecule has 1 heterocycles. The number of rotatable bonds is 3. The first-order valence-electron chi connectivity index (χ1n) is 7.19. The van der Waals surface area contributed by atoms with Gasteiger partial charge in [0.15, 0.2) is 5.17 Å². The number of amidine groups is 1. The molecule has 1 N–H and O–H groups in total. The van der Waals surface area contributed by atoms with Crippen LogP contribution in [0.5, 0.6) is 5.75 Å². The number of thioether (sulfide) groups is 1. The van der Waals surface area contributed by atoms with Crippen LogP contribution < -0.4 is 0 Å². The summed E-state index contributed by atoms with van der Waals surface area (Å²) < 4.78 is 1.59. The molecule has 0 aliphatic carbocycles. The SMILES string of the molecule is CC(C)N=C1S/C(=C\c2cc(Br)cc(I)c2O)C(=O)N1C(C)C. The lowest BCUT2D eigenvalue weighted by Gasteiger charge is -2.20. The molecule has 1 saturated heterocycles. The van der Waals surface area contributed by atoms with Gasteiger partial charge in [-0.2, -0.15) is 0 Å². The molecule has 2 rings (SSSR count). The van der Waals surface area contributed by atoms with Gasteiger partial charge in [0.1, 0.15) is 5.75 Å². The van der Waals surface area contributed by atoms with Crippen LogP contribution in [0.15, 0.2) is 26.5 Å². The van der Waals surface area contributed by atoms with E-state index in [0.717, 1.165) is 13.2 Å². The van der Waals surface area contributed by atoms with Crippen LogP contribution in [0, 0.1) is 3.57 Å². The topological polar surface area (TPSA) is 52.9 Å². The summed E-state index contributed by atoms with van der Waals surface area (Å²) in [6.45, 7) is 7.91. The second-order valence-electron chi connectivity index (χ2n) is 5.71. The van der Waals surface area contributed by atoms with Gasteiger partial charge in [-0.05, 0) is 80.3 Å². The molecule has 0 unspecified atom stereocenters. The van der Waals surface area contributed by atoms with Gasteiger partial charge >= 0.3 is 0 Å². The van der Waals surface area contributed by atoms with E-state index >= 15 is 0 Å². The largest absolute Gasteiger partial charge is 0.506 e. The molecule has 0 atom stereocenters. The highest BCUT2D eigenvalue weighted by molar-refractivity contribution is 14.1. The maximum absolute atomic E-state index is 12.7. The summed E-state index contributed by atoms with van der Waals surface area (Å²) in [4.78, 5) is 19.5. The minimum atomic E-state index is -0.0706. The molecule has 1 aromatic carbocycles. The number of phenolic OH excluding ortho intramolecular Hbond substituents is 1. The van der Waals surface area contributed by atoms with E-state index in [9.17, 15) is 9.90 Å². The van der Waals surface area contributed by atoms with E-state index in [1.807, 2.05) is 33.8 Å².